The maximum Gasteiger partial charge on any atom is 0.298 e. The Labute approximate surface area is 86.2 Å². The number of phenols is 1. The van der Waals surface area contributed by atoms with Crippen molar-refractivity contribution in [1.29, 1.82) is 0 Å². The summed E-state index contributed by atoms with van der Waals surface area (Å²) in [5.41, 5.74) is 4.76. The maximum atomic E-state index is 11.5. The average molecular weight is 206 g/mol. The Bertz CT molecular complexity index is 438. The van der Waals surface area contributed by atoms with Gasteiger partial charge in [-0.25, -0.2) is 0 Å². The largest absolute Gasteiger partial charge is 0.508 e. The van der Waals surface area contributed by atoms with E-state index in [2.05, 4.69) is 4.99 Å². The normalized spacial score (nSPS) is 24.9. The lowest BCUT2D eigenvalue weighted by Gasteiger charge is -2.21. The molecule has 0 bridgehead atoms. The van der Waals surface area contributed by atoms with E-state index >= 15 is 0 Å². The monoisotopic (exact) mass is 206 g/mol. The molecule has 1 aromatic rings. The number of nitrogens with zero attached hydrogens (tertiary/aromatic N) is 1. The van der Waals surface area contributed by atoms with Crippen LogP contribution in [0.25, 0.3) is 0 Å². The molecule has 0 fully saturated rings. The Morgan fingerprint density at radius 2 is 2.00 bits per heavy atom. The van der Waals surface area contributed by atoms with Gasteiger partial charge in [-0.1, -0.05) is 12.1 Å². The summed E-state index contributed by atoms with van der Waals surface area (Å²) >= 11 is 0. The first kappa shape index (κ1) is 9.51. The van der Waals surface area contributed by atoms with Crippen LogP contribution < -0.4 is 5.73 Å². The van der Waals surface area contributed by atoms with E-state index in [1.54, 1.807) is 19.1 Å². The molecule has 5 nitrogen and oxygen atoms in total. The van der Waals surface area contributed by atoms with E-state index in [1.165, 1.54) is 12.1 Å². The van der Waals surface area contributed by atoms with Crippen LogP contribution in [0.5, 0.6) is 5.75 Å². The second-order valence-corrected chi connectivity index (χ2v) is 3.44. The highest BCUT2D eigenvalue weighted by molar-refractivity contribution is 6.01. The van der Waals surface area contributed by atoms with Crippen molar-refractivity contribution in [3.8, 4) is 5.75 Å². The number of ether oxygens (including phenoxy) is 1. The van der Waals surface area contributed by atoms with E-state index in [0.29, 0.717) is 5.56 Å². The molecule has 1 aliphatic heterocycles. The smallest absolute Gasteiger partial charge is 0.298 e. The summed E-state index contributed by atoms with van der Waals surface area (Å²) in [4.78, 5) is 15.0. The zero-order valence-electron chi connectivity index (χ0n) is 8.10. The number of benzene rings is 1. The molecule has 0 spiro atoms. The van der Waals surface area contributed by atoms with Gasteiger partial charge in [0.2, 0.25) is 5.60 Å². The Kier molecular flexibility index (Phi) is 1.89. The van der Waals surface area contributed by atoms with Gasteiger partial charge in [0, 0.05) is 5.56 Å². The van der Waals surface area contributed by atoms with Crippen molar-refractivity contribution in [2.24, 2.45) is 10.7 Å². The van der Waals surface area contributed by atoms with E-state index < -0.39 is 11.5 Å². The number of amides is 1. The van der Waals surface area contributed by atoms with Crippen LogP contribution in [-0.4, -0.2) is 17.0 Å². The van der Waals surface area contributed by atoms with Crippen LogP contribution in [0, 0.1) is 0 Å². The van der Waals surface area contributed by atoms with Crippen LogP contribution in [0.1, 0.15) is 12.5 Å². The fourth-order valence-corrected chi connectivity index (χ4v) is 1.44. The summed E-state index contributed by atoms with van der Waals surface area (Å²) in [5, 5.41) is 9.12. The SMILES string of the molecule is CC1(c2ccc(O)cc2)OC(N)=NC1=O. The zero-order valence-corrected chi connectivity index (χ0v) is 8.10. The van der Waals surface area contributed by atoms with Crippen molar-refractivity contribution in [3.63, 3.8) is 0 Å². The van der Waals surface area contributed by atoms with Crippen LogP contribution in [0.15, 0.2) is 29.3 Å². The van der Waals surface area contributed by atoms with Crippen LogP contribution in [0.2, 0.25) is 0 Å². The topological polar surface area (TPSA) is 84.9 Å². The number of aliphatic imine (C=N–C) groups is 1. The molecule has 1 aromatic carbocycles. The first-order valence-electron chi connectivity index (χ1n) is 4.39. The minimum Gasteiger partial charge on any atom is -0.508 e. The fourth-order valence-electron chi connectivity index (χ4n) is 1.44. The zero-order chi connectivity index (χ0) is 11.1. The lowest BCUT2D eigenvalue weighted by atomic mass is 9.95. The van der Waals surface area contributed by atoms with Crippen molar-refractivity contribution in [1.82, 2.24) is 0 Å². The molecule has 0 aliphatic carbocycles. The summed E-state index contributed by atoms with van der Waals surface area (Å²) in [7, 11) is 0. The van der Waals surface area contributed by atoms with Crippen molar-refractivity contribution in [3.05, 3.63) is 29.8 Å². The summed E-state index contributed by atoms with van der Waals surface area (Å²) < 4.78 is 5.18. The minimum absolute atomic E-state index is 0.127. The predicted molar refractivity (Wildman–Crippen MR) is 53.2 cm³/mol. The van der Waals surface area contributed by atoms with Gasteiger partial charge in [0.25, 0.3) is 11.9 Å². The number of rotatable bonds is 1. The number of carbonyl (C=O) groups excluding carboxylic acids is 1. The third kappa shape index (κ3) is 1.41. The van der Waals surface area contributed by atoms with Gasteiger partial charge in [-0.15, -0.1) is 0 Å². The molecule has 1 aliphatic rings. The highest BCUT2D eigenvalue weighted by atomic mass is 16.5. The lowest BCUT2D eigenvalue weighted by Crippen LogP contribution is -2.31. The molecule has 5 heteroatoms. The lowest BCUT2D eigenvalue weighted by molar-refractivity contribution is -0.130. The molecule has 1 atom stereocenters. The fraction of sp³-hybridized carbons (Fsp3) is 0.200. The second-order valence-electron chi connectivity index (χ2n) is 3.44. The first-order valence-corrected chi connectivity index (χ1v) is 4.39. The van der Waals surface area contributed by atoms with Gasteiger partial charge in [0.05, 0.1) is 0 Å². The number of hydrogen-bond donors (Lipinski definition) is 2. The molecule has 2 rings (SSSR count). The van der Waals surface area contributed by atoms with Crippen molar-refractivity contribution < 1.29 is 14.6 Å². The standard InChI is InChI=1S/C10H10N2O3/c1-10(8(14)12-9(11)15-10)6-2-4-7(13)5-3-6/h2-5,13H,1H3,(H2,11,12,14). The van der Waals surface area contributed by atoms with Crippen LogP contribution in [0.4, 0.5) is 0 Å². The molecular formula is C10H10N2O3. The van der Waals surface area contributed by atoms with Gasteiger partial charge >= 0.3 is 0 Å². The number of phenolic OH excluding ortho intramolecular Hbond substituents is 1. The van der Waals surface area contributed by atoms with Gasteiger partial charge < -0.3 is 15.6 Å². The highest BCUT2D eigenvalue weighted by Gasteiger charge is 2.43. The van der Waals surface area contributed by atoms with Crippen molar-refractivity contribution in [2.45, 2.75) is 12.5 Å². The van der Waals surface area contributed by atoms with Gasteiger partial charge in [-0.05, 0) is 19.1 Å². The summed E-state index contributed by atoms with van der Waals surface area (Å²) in [5.74, 6) is -0.313. The Morgan fingerprint density at radius 3 is 2.47 bits per heavy atom. The van der Waals surface area contributed by atoms with Gasteiger partial charge in [0.1, 0.15) is 5.75 Å². The van der Waals surface area contributed by atoms with E-state index in [1.807, 2.05) is 0 Å². The van der Waals surface area contributed by atoms with E-state index in [-0.39, 0.29) is 11.8 Å². The highest BCUT2D eigenvalue weighted by Crippen LogP contribution is 2.31. The van der Waals surface area contributed by atoms with Crippen molar-refractivity contribution >= 4 is 11.9 Å². The van der Waals surface area contributed by atoms with E-state index in [0.717, 1.165) is 0 Å². The van der Waals surface area contributed by atoms with Crippen LogP contribution in [-0.2, 0) is 15.1 Å². The molecule has 0 saturated carbocycles. The molecule has 0 radical (unpaired) electrons. The maximum absolute atomic E-state index is 11.5. The second kappa shape index (κ2) is 2.98. The summed E-state index contributed by atoms with van der Waals surface area (Å²) in [6.45, 7) is 1.59. The number of aromatic hydroxyl groups is 1. The quantitative estimate of drug-likeness (QED) is 0.699. The molecule has 78 valence electrons. The number of carbonyl (C=O) groups is 1. The Balaban J connectivity index is 2.40. The molecule has 0 saturated heterocycles. The van der Waals surface area contributed by atoms with Crippen LogP contribution in [0.3, 0.4) is 0 Å². The number of hydrogen-bond acceptors (Lipinski definition) is 4. The van der Waals surface area contributed by atoms with Crippen molar-refractivity contribution in [2.75, 3.05) is 0 Å². The minimum atomic E-state index is -1.17. The Morgan fingerprint density at radius 1 is 1.40 bits per heavy atom. The summed E-state index contributed by atoms with van der Waals surface area (Å²) in [6, 6.07) is 6.02. The Hall–Kier alpha value is -2.04. The predicted octanol–water partition coefficient (Wildman–Crippen LogP) is 0.479. The van der Waals surface area contributed by atoms with Crippen LogP contribution >= 0.6 is 0 Å². The molecule has 15 heavy (non-hydrogen) atoms. The molecule has 1 heterocycles. The third-order valence-electron chi connectivity index (χ3n) is 2.35. The molecule has 1 amide bonds. The van der Waals surface area contributed by atoms with E-state index in [4.69, 9.17) is 15.6 Å². The average Bonchev–Trinajstić information content (AvgIpc) is 2.42. The molecule has 3 N–H and O–H groups in total. The van der Waals surface area contributed by atoms with Gasteiger partial charge in [0.15, 0.2) is 0 Å². The van der Waals surface area contributed by atoms with Gasteiger partial charge in [-0.2, -0.15) is 4.99 Å². The van der Waals surface area contributed by atoms with Gasteiger partial charge in [-0.3, -0.25) is 4.79 Å². The molecular weight excluding hydrogens is 196 g/mol. The molecule has 0 aromatic heterocycles. The molecule has 1 unspecified atom stereocenters. The summed E-state index contributed by atoms with van der Waals surface area (Å²) in [6.07, 6.45) is 0. The number of amidine groups is 1. The first-order chi connectivity index (χ1) is 7.02. The third-order valence-corrected chi connectivity index (χ3v) is 2.35. The van der Waals surface area contributed by atoms with E-state index in [9.17, 15) is 4.79 Å². The number of nitrogens with two attached hydrogens (primary N) is 1.